The van der Waals surface area contributed by atoms with Crippen LogP contribution >= 0.6 is 0 Å². The number of morpholine rings is 1. The average molecular weight is 358 g/mol. The van der Waals surface area contributed by atoms with Crippen molar-refractivity contribution in [3.05, 3.63) is 54.3 Å². The maximum absolute atomic E-state index is 13.0. The summed E-state index contributed by atoms with van der Waals surface area (Å²) in [6.07, 6.45) is -0.130. The highest BCUT2D eigenvalue weighted by Crippen LogP contribution is 2.20. The molecule has 2 aromatic carbocycles. The highest BCUT2D eigenvalue weighted by molar-refractivity contribution is 5.94. The molecule has 0 aliphatic carbocycles. The maximum Gasteiger partial charge on any atom is 0.265 e. The van der Waals surface area contributed by atoms with Crippen molar-refractivity contribution in [2.75, 3.05) is 36.5 Å². The summed E-state index contributed by atoms with van der Waals surface area (Å²) in [6, 6.07) is 13.4. The Balaban J connectivity index is 1.59. The van der Waals surface area contributed by atoms with Gasteiger partial charge < -0.3 is 19.7 Å². The molecule has 1 aliphatic rings. The molecule has 6 heteroatoms. The standard InChI is InChI=1S/C20H23FN2O3/c1-2-19(26-18-9-3-15(21)4-10-18)20(24)22-16-5-7-17(8-6-16)23-11-13-25-14-12-23/h3-10,19H,2,11-14H2,1H3,(H,22,24). The number of carbonyl (C=O) groups is 1. The summed E-state index contributed by atoms with van der Waals surface area (Å²) in [4.78, 5) is 14.7. The molecule has 1 saturated heterocycles. The highest BCUT2D eigenvalue weighted by atomic mass is 19.1. The van der Waals surface area contributed by atoms with E-state index in [1.54, 1.807) is 0 Å². The molecule has 1 amide bonds. The molecule has 0 spiro atoms. The first-order valence-corrected chi connectivity index (χ1v) is 8.81. The zero-order chi connectivity index (χ0) is 18.4. The summed E-state index contributed by atoms with van der Waals surface area (Å²) in [5.41, 5.74) is 1.83. The van der Waals surface area contributed by atoms with Gasteiger partial charge in [-0.05, 0) is 55.0 Å². The fourth-order valence-electron chi connectivity index (χ4n) is 2.80. The lowest BCUT2D eigenvalue weighted by Crippen LogP contribution is -2.36. The lowest BCUT2D eigenvalue weighted by molar-refractivity contribution is -0.122. The van der Waals surface area contributed by atoms with E-state index in [1.165, 1.54) is 24.3 Å². The van der Waals surface area contributed by atoms with Gasteiger partial charge in [-0.3, -0.25) is 4.79 Å². The fourth-order valence-corrected chi connectivity index (χ4v) is 2.80. The molecule has 1 fully saturated rings. The number of ether oxygens (including phenoxy) is 2. The first-order valence-electron chi connectivity index (χ1n) is 8.81. The molecule has 2 aromatic rings. The molecule has 1 heterocycles. The second kappa shape index (κ2) is 8.67. The van der Waals surface area contributed by atoms with Crippen molar-refractivity contribution in [2.24, 2.45) is 0 Å². The molecule has 1 unspecified atom stereocenters. The predicted molar refractivity (Wildman–Crippen MR) is 99.2 cm³/mol. The molecule has 0 radical (unpaired) electrons. The maximum atomic E-state index is 13.0. The summed E-state index contributed by atoms with van der Waals surface area (Å²) in [5.74, 6) is -0.0952. The van der Waals surface area contributed by atoms with E-state index in [-0.39, 0.29) is 11.7 Å². The summed E-state index contributed by atoms with van der Waals surface area (Å²) in [6.45, 7) is 5.08. The monoisotopic (exact) mass is 358 g/mol. The minimum atomic E-state index is -0.639. The third kappa shape index (κ3) is 4.73. The van der Waals surface area contributed by atoms with Gasteiger partial charge in [0, 0.05) is 24.5 Å². The minimum absolute atomic E-state index is 0.226. The van der Waals surface area contributed by atoms with Crippen molar-refractivity contribution < 1.29 is 18.7 Å². The Kier molecular flexibility index (Phi) is 6.07. The summed E-state index contributed by atoms with van der Waals surface area (Å²) in [5, 5.41) is 2.87. The van der Waals surface area contributed by atoms with Crippen molar-refractivity contribution in [2.45, 2.75) is 19.4 Å². The Morgan fingerprint density at radius 1 is 1.15 bits per heavy atom. The highest BCUT2D eigenvalue weighted by Gasteiger charge is 2.19. The fraction of sp³-hybridized carbons (Fsp3) is 0.350. The predicted octanol–water partition coefficient (Wildman–Crippen LogP) is 3.46. The number of hydrogen-bond acceptors (Lipinski definition) is 4. The second-order valence-corrected chi connectivity index (χ2v) is 6.10. The number of carbonyl (C=O) groups excluding carboxylic acids is 1. The lowest BCUT2D eigenvalue weighted by Gasteiger charge is -2.29. The van der Waals surface area contributed by atoms with Crippen LogP contribution in [0, 0.1) is 5.82 Å². The number of anilines is 2. The normalized spacial score (nSPS) is 15.4. The Hall–Kier alpha value is -2.60. The number of nitrogens with one attached hydrogen (secondary N) is 1. The first-order chi connectivity index (χ1) is 12.7. The molecular weight excluding hydrogens is 335 g/mol. The van der Waals surface area contributed by atoms with Gasteiger partial charge >= 0.3 is 0 Å². The van der Waals surface area contributed by atoms with Gasteiger partial charge in [-0.1, -0.05) is 6.92 Å². The van der Waals surface area contributed by atoms with Gasteiger partial charge in [-0.25, -0.2) is 4.39 Å². The van der Waals surface area contributed by atoms with Gasteiger partial charge in [0.15, 0.2) is 6.10 Å². The number of rotatable bonds is 6. The first kappa shape index (κ1) is 18.2. The topological polar surface area (TPSA) is 50.8 Å². The van der Waals surface area contributed by atoms with Crippen molar-refractivity contribution >= 4 is 17.3 Å². The van der Waals surface area contributed by atoms with Gasteiger partial charge in [0.25, 0.3) is 5.91 Å². The van der Waals surface area contributed by atoms with E-state index in [1.807, 2.05) is 31.2 Å². The van der Waals surface area contributed by atoms with Crippen molar-refractivity contribution in [1.29, 1.82) is 0 Å². The number of amides is 1. The summed E-state index contributed by atoms with van der Waals surface area (Å²) < 4.78 is 24.0. The number of nitrogens with zero attached hydrogens (tertiary/aromatic N) is 1. The Labute approximate surface area is 152 Å². The number of hydrogen-bond donors (Lipinski definition) is 1. The second-order valence-electron chi connectivity index (χ2n) is 6.10. The molecule has 0 saturated carbocycles. The zero-order valence-electron chi connectivity index (χ0n) is 14.8. The molecule has 1 N–H and O–H groups in total. The van der Waals surface area contributed by atoms with E-state index < -0.39 is 6.10 Å². The quantitative estimate of drug-likeness (QED) is 0.859. The van der Waals surface area contributed by atoms with Crippen LogP contribution in [-0.2, 0) is 9.53 Å². The molecule has 0 bridgehead atoms. The third-order valence-corrected chi connectivity index (χ3v) is 4.27. The summed E-state index contributed by atoms with van der Waals surface area (Å²) in [7, 11) is 0. The van der Waals surface area contributed by atoms with Crippen LogP contribution in [0.1, 0.15) is 13.3 Å². The van der Waals surface area contributed by atoms with Gasteiger partial charge in [-0.15, -0.1) is 0 Å². The van der Waals surface area contributed by atoms with Gasteiger partial charge in [0.05, 0.1) is 13.2 Å². The van der Waals surface area contributed by atoms with Crippen molar-refractivity contribution in [1.82, 2.24) is 0 Å². The smallest absolute Gasteiger partial charge is 0.265 e. The van der Waals surface area contributed by atoms with E-state index in [9.17, 15) is 9.18 Å². The SMILES string of the molecule is CCC(Oc1ccc(F)cc1)C(=O)Nc1ccc(N2CCOCC2)cc1. The Morgan fingerprint density at radius 2 is 1.81 bits per heavy atom. The third-order valence-electron chi connectivity index (χ3n) is 4.27. The van der Waals surface area contributed by atoms with E-state index in [0.717, 1.165) is 32.0 Å². The molecule has 5 nitrogen and oxygen atoms in total. The van der Waals surface area contributed by atoms with Crippen LogP contribution in [0.5, 0.6) is 5.75 Å². The van der Waals surface area contributed by atoms with E-state index in [2.05, 4.69) is 10.2 Å². The van der Waals surface area contributed by atoms with Crippen LogP contribution in [0.15, 0.2) is 48.5 Å². The minimum Gasteiger partial charge on any atom is -0.481 e. The van der Waals surface area contributed by atoms with Gasteiger partial charge in [0.2, 0.25) is 0 Å². The number of benzene rings is 2. The van der Waals surface area contributed by atoms with Crippen LogP contribution in [0.25, 0.3) is 0 Å². The van der Waals surface area contributed by atoms with E-state index in [0.29, 0.717) is 17.9 Å². The molecule has 26 heavy (non-hydrogen) atoms. The van der Waals surface area contributed by atoms with E-state index >= 15 is 0 Å². The average Bonchev–Trinajstić information content (AvgIpc) is 2.68. The number of halogens is 1. The molecule has 1 atom stereocenters. The van der Waals surface area contributed by atoms with Crippen molar-refractivity contribution in [3.8, 4) is 5.75 Å². The molecule has 0 aromatic heterocycles. The molecular formula is C20H23FN2O3. The lowest BCUT2D eigenvalue weighted by atomic mass is 10.2. The zero-order valence-corrected chi connectivity index (χ0v) is 14.8. The molecule has 138 valence electrons. The largest absolute Gasteiger partial charge is 0.481 e. The molecule has 3 rings (SSSR count). The summed E-state index contributed by atoms with van der Waals surface area (Å²) >= 11 is 0. The molecule has 1 aliphatic heterocycles. The van der Waals surface area contributed by atoms with Crippen LogP contribution in [-0.4, -0.2) is 38.3 Å². The van der Waals surface area contributed by atoms with Gasteiger partial charge in [-0.2, -0.15) is 0 Å². The van der Waals surface area contributed by atoms with Crippen LogP contribution in [0.2, 0.25) is 0 Å². The van der Waals surface area contributed by atoms with Gasteiger partial charge in [0.1, 0.15) is 11.6 Å². The van der Waals surface area contributed by atoms with Crippen LogP contribution < -0.4 is 15.0 Å². The van der Waals surface area contributed by atoms with E-state index in [4.69, 9.17) is 9.47 Å². The van der Waals surface area contributed by atoms with Crippen LogP contribution in [0.3, 0.4) is 0 Å². The Morgan fingerprint density at radius 3 is 2.42 bits per heavy atom. The van der Waals surface area contributed by atoms with Crippen LogP contribution in [0.4, 0.5) is 15.8 Å². The van der Waals surface area contributed by atoms with Crippen molar-refractivity contribution in [3.63, 3.8) is 0 Å². The Bertz CT molecular complexity index is 713.